The summed E-state index contributed by atoms with van der Waals surface area (Å²) in [5, 5.41) is 27.2. The fourth-order valence-electron chi connectivity index (χ4n) is 2.70. The van der Waals surface area contributed by atoms with Crippen molar-refractivity contribution in [3.8, 4) is 0 Å². The van der Waals surface area contributed by atoms with E-state index in [2.05, 4.69) is 27.2 Å². The van der Waals surface area contributed by atoms with Gasteiger partial charge in [0, 0.05) is 38.8 Å². The van der Waals surface area contributed by atoms with Gasteiger partial charge in [-0.2, -0.15) is 0 Å². The molecule has 0 spiro atoms. The zero-order chi connectivity index (χ0) is 24.8. The van der Waals surface area contributed by atoms with E-state index >= 15 is 0 Å². The Labute approximate surface area is 208 Å². The van der Waals surface area contributed by atoms with Gasteiger partial charge in [0.05, 0.1) is 21.2 Å². The Morgan fingerprint density at radius 2 is 1.62 bits per heavy atom. The number of allylic oxidation sites excluding steroid dienone is 3. The maximum Gasteiger partial charge on any atom is 0.253 e. The van der Waals surface area contributed by atoms with Crippen molar-refractivity contribution < 1.29 is 9.85 Å². The molecule has 2 aromatic heterocycles. The lowest BCUT2D eigenvalue weighted by atomic mass is 9.94. The molecule has 0 aromatic carbocycles. The number of nitrogens with one attached hydrogen (secondary N) is 2. The van der Waals surface area contributed by atoms with Crippen LogP contribution in [0.2, 0.25) is 10.3 Å². The maximum atomic E-state index is 10.6. The molecular formula is C22H28Cl2N6O4. The Morgan fingerprint density at radius 3 is 2.03 bits per heavy atom. The highest BCUT2D eigenvalue weighted by Gasteiger charge is 2.18. The summed E-state index contributed by atoms with van der Waals surface area (Å²) in [6, 6.07) is 6.89. The summed E-state index contributed by atoms with van der Waals surface area (Å²) in [4.78, 5) is 27.8. The molecule has 0 aliphatic carbocycles. The van der Waals surface area contributed by atoms with Crippen LogP contribution >= 0.6 is 23.2 Å². The van der Waals surface area contributed by atoms with Crippen LogP contribution in [-0.4, -0.2) is 33.9 Å². The monoisotopic (exact) mass is 510 g/mol. The van der Waals surface area contributed by atoms with E-state index in [1.165, 1.54) is 0 Å². The van der Waals surface area contributed by atoms with Crippen LogP contribution in [0.3, 0.4) is 0 Å². The number of rotatable bonds is 10. The lowest BCUT2D eigenvalue weighted by Crippen LogP contribution is -2.16. The molecule has 0 saturated heterocycles. The van der Waals surface area contributed by atoms with Crippen molar-refractivity contribution in [2.24, 2.45) is 0 Å². The predicted molar refractivity (Wildman–Crippen MR) is 135 cm³/mol. The van der Waals surface area contributed by atoms with E-state index in [-0.39, 0.29) is 13.3 Å². The van der Waals surface area contributed by atoms with Gasteiger partial charge in [0.1, 0.15) is 10.3 Å². The number of pyridine rings is 2. The molecule has 10 nitrogen and oxygen atoms in total. The van der Waals surface area contributed by atoms with Gasteiger partial charge < -0.3 is 10.6 Å². The first-order valence-electron chi connectivity index (χ1n) is 9.57. The number of hydrogen-bond donors (Lipinski definition) is 2. The van der Waals surface area contributed by atoms with E-state index < -0.39 is 9.85 Å². The van der Waals surface area contributed by atoms with Crippen LogP contribution in [0.1, 0.15) is 30.9 Å². The van der Waals surface area contributed by atoms with Gasteiger partial charge in [0.25, 0.3) is 12.4 Å². The molecule has 1 atom stereocenters. The molecule has 0 fully saturated rings. The quantitative estimate of drug-likeness (QED) is 0.197. The van der Waals surface area contributed by atoms with Crippen LogP contribution in [0.25, 0.3) is 0 Å². The lowest BCUT2D eigenvalue weighted by molar-refractivity contribution is -0.404. The Bertz CT molecular complexity index is 995. The molecular weight excluding hydrogens is 483 g/mol. The van der Waals surface area contributed by atoms with E-state index in [0.29, 0.717) is 34.5 Å². The van der Waals surface area contributed by atoms with E-state index in [4.69, 9.17) is 23.2 Å². The Kier molecular flexibility index (Phi) is 14.5. The molecule has 184 valence electrons. The molecule has 2 heterocycles. The summed E-state index contributed by atoms with van der Waals surface area (Å²) in [5.74, 6) is -0.178. The van der Waals surface area contributed by atoms with Gasteiger partial charge in [0.15, 0.2) is 0 Å². The predicted octanol–water partition coefficient (Wildman–Crippen LogP) is 4.98. The SMILES string of the molecule is C.C=CCC(/C(=C/[N+](=O)[O-])NC)c1ccc(Cl)nc1.CN/C(=C\[N+](=O)[O-])Cc1ccc(Cl)nc1. The second-order valence-corrected chi connectivity index (χ2v) is 7.24. The normalized spacial score (nSPS) is 11.8. The first-order chi connectivity index (χ1) is 15.7. The molecule has 2 aromatic rings. The molecule has 0 aliphatic heterocycles. The lowest BCUT2D eigenvalue weighted by Gasteiger charge is -2.17. The standard InChI is InChI=1S/C12H14ClN3O2.C9H10ClN3O2.CH4/c1-3-4-10(11(14-2)8-16(17)18)9-5-6-12(13)15-7-9;1-11-8(6-13(14)15)4-7-2-3-9(10)12-5-7;/h3,5-8,10,14H,1,4H2,2H3;2-3,5-6,11H,4H2,1H3;1H4/b11-8-;8-6-;. The summed E-state index contributed by atoms with van der Waals surface area (Å²) in [5.41, 5.74) is 2.73. The fourth-order valence-corrected chi connectivity index (χ4v) is 2.93. The number of aromatic nitrogens is 2. The van der Waals surface area contributed by atoms with Gasteiger partial charge in [-0.1, -0.05) is 48.8 Å². The van der Waals surface area contributed by atoms with E-state index in [1.807, 2.05) is 0 Å². The second kappa shape index (κ2) is 16.2. The van der Waals surface area contributed by atoms with Crippen LogP contribution in [0.4, 0.5) is 0 Å². The van der Waals surface area contributed by atoms with E-state index in [0.717, 1.165) is 23.5 Å². The number of nitrogens with zero attached hydrogens (tertiary/aromatic N) is 4. The molecule has 0 amide bonds. The topological polar surface area (TPSA) is 136 Å². The van der Waals surface area contributed by atoms with Crippen LogP contribution in [0, 0.1) is 20.2 Å². The summed E-state index contributed by atoms with van der Waals surface area (Å²) < 4.78 is 0. The van der Waals surface area contributed by atoms with Crippen molar-refractivity contribution in [3.05, 3.63) is 115 Å². The third-order valence-electron chi connectivity index (χ3n) is 4.23. The average Bonchev–Trinajstić information content (AvgIpc) is 2.78. The summed E-state index contributed by atoms with van der Waals surface area (Å²) in [6.07, 6.45) is 7.82. The Morgan fingerprint density at radius 1 is 1.03 bits per heavy atom. The molecule has 0 saturated carbocycles. The molecule has 0 bridgehead atoms. The fraction of sp³-hybridized carbons (Fsp3) is 0.273. The molecule has 0 radical (unpaired) electrons. The van der Waals surface area contributed by atoms with Gasteiger partial charge in [-0.3, -0.25) is 20.2 Å². The molecule has 2 N–H and O–H groups in total. The van der Waals surface area contributed by atoms with Crippen LogP contribution in [0.5, 0.6) is 0 Å². The van der Waals surface area contributed by atoms with Gasteiger partial charge in [-0.25, -0.2) is 9.97 Å². The van der Waals surface area contributed by atoms with Gasteiger partial charge in [0.2, 0.25) is 0 Å². The molecule has 0 aliphatic rings. The number of nitro groups is 2. The van der Waals surface area contributed by atoms with Gasteiger partial charge >= 0.3 is 0 Å². The highest BCUT2D eigenvalue weighted by Crippen LogP contribution is 2.26. The number of halogens is 2. The first-order valence-corrected chi connectivity index (χ1v) is 10.3. The second-order valence-electron chi connectivity index (χ2n) is 6.47. The minimum absolute atomic E-state index is 0. The highest BCUT2D eigenvalue weighted by molar-refractivity contribution is 6.29. The average molecular weight is 511 g/mol. The number of likely N-dealkylation sites (N-methyl/N-ethyl adjacent to an activating group) is 2. The van der Waals surface area contributed by atoms with Gasteiger partial charge in [-0.05, 0) is 29.7 Å². The highest BCUT2D eigenvalue weighted by atomic mass is 35.5. The zero-order valence-corrected chi connectivity index (χ0v) is 19.6. The minimum Gasteiger partial charge on any atom is -0.386 e. The largest absolute Gasteiger partial charge is 0.386 e. The maximum absolute atomic E-state index is 10.6. The Balaban J connectivity index is 0.000000632. The van der Waals surface area contributed by atoms with Crippen molar-refractivity contribution >= 4 is 23.2 Å². The van der Waals surface area contributed by atoms with Crippen molar-refractivity contribution in [1.82, 2.24) is 20.6 Å². The summed E-state index contributed by atoms with van der Waals surface area (Å²) in [6.45, 7) is 3.67. The van der Waals surface area contributed by atoms with Gasteiger partial charge in [-0.15, -0.1) is 6.58 Å². The molecule has 2 rings (SSSR count). The first kappa shape index (κ1) is 30.5. The molecule has 12 heteroatoms. The molecule has 1 unspecified atom stereocenters. The smallest absolute Gasteiger partial charge is 0.253 e. The summed E-state index contributed by atoms with van der Waals surface area (Å²) in [7, 11) is 3.29. The Hall–Kier alpha value is -3.50. The van der Waals surface area contributed by atoms with Crippen LogP contribution in [-0.2, 0) is 6.42 Å². The number of hydrogen-bond acceptors (Lipinski definition) is 8. The third kappa shape index (κ3) is 11.4. The van der Waals surface area contributed by atoms with Crippen LogP contribution in [0.15, 0.2) is 73.1 Å². The van der Waals surface area contributed by atoms with E-state index in [9.17, 15) is 20.2 Å². The van der Waals surface area contributed by atoms with Crippen molar-refractivity contribution in [1.29, 1.82) is 0 Å². The van der Waals surface area contributed by atoms with E-state index in [1.54, 1.807) is 56.8 Å². The third-order valence-corrected chi connectivity index (χ3v) is 4.68. The van der Waals surface area contributed by atoms with Crippen molar-refractivity contribution in [2.75, 3.05) is 14.1 Å². The van der Waals surface area contributed by atoms with Crippen molar-refractivity contribution in [3.63, 3.8) is 0 Å². The molecule has 34 heavy (non-hydrogen) atoms. The zero-order valence-electron chi connectivity index (χ0n) is 18.1. The van der Waals surface area contributed by atoms with Crippen molar-refractivity contribution in [2.45, 2.75) is 26.2 Å². The van der Waals surface area contributed by atoms with Crippen LogP contribution < -0.4 is 10.6 Å². The summed E-state index contributed by atoms with van der Waals surface area (Å²) >= 11 is 11.3. The minimum atomic E-state index is -0.491.